The van der Waals surface area contributed by atoms with Crippen LogP contribution < -0.4 is 5.73 Å². The topological polar surface area (TPSA) is 43.8 Å². The van der Waals surface area contributed by atoms with Crippen molar-refractivity contribution in [2.75, 3.05) is 0 Å². The molecular formula is C12H14FN3. The number of benzene rings is 1. The second-order valence-corrected chi connectivity index (χ2v) is 3.92. The monoisotopic (exact) mass is 219 g/mol. The van der Waals surface area contributed by atoms with E-state index in [0.29, 0.717) is 5.56 Å². The Bertz CT molecular complexity index is 503. The smallest absolute Gasteiger partial charge is 0.128 e. The lowest BCUT2D eigenvalue weighted by atomic mass is 10.1. The summed E-state index contributed by atoms with van der Waals surface area (Å²) in [5.41, 5.74) is 8.01. The number of aromatic nitrogens is 2. The zero-order chi connectivity index (χ0) is 11.7. The van der Waals surface area contributed by atoms with Gasteiger partial charge in [-0.2, -0.15) is 0 Å². The molecule has 2 rings (SSSR count). The normalized spacial score (nSPS) is 12.8. The van der Waals surface area contributed by atoms with Gasteiger partial charge in [0.15, 0.2) is 0 Å². The van der Waals surface area contributed by atoms with Gasteiger partial charge in [-0.3, -0.25) is 0 Å². The van der Waals surface area contributed by atoms with Crippen LogP contribution in [0.15, 0.2) is 30.7 Å². The maximum absolute atomic E-state index is 13.4. The summed E-state index contributed by atoms with van der Waals surface area (Å²) in [6.07, 6.45) is 3.59. The maximum Gasteiger partial charge on any atom is 0.128 e. The molecule has 2 aromatic rings. The number of hydrogen-bond acceptors (Lipinski definition) is 2. The summed E-state index contributed by atoms with van der Waals surface area (Å²) in [5, 5.41) is 0. The fourth-order valence-corrected chi connectivity index (χ4v) is 1.60. The molecule has 0 fully saturated rings. The average molecular weight is 219 g/mol. The first-order chi connectivity index (χ1) is 7.58. The van der Waals surface area contributed by atoms with Crippen molar-refractivity contribution in [3.05, 3.63) is 47.8 Å². The predicted molar refractivity (Wildman–Crippen MR) is 60.9 cm³/mol. The average Bonchev–Trinajstić information content (AvgIpc) is 2.65. The van der Waals surface area contributed by atoms with E-state index >= 15 is 0 Å². The Labute approximate surface area is 93.7 Å². The van der Waals surface area contributed by atoms with Crippen molar-refractivity contribution in [1.82, 2.24) is 9.55 Å². The minimum Gasteiger partial charge on any atom is -0.324 e. The standard InChI is InChI=1S/C12H14FN3/c1-8-6-16(7-15-8)10-3-4-12(13)11(5-10)9(2)14/h3-7,9H,14H2,1-2H3/t9-/m1/s1. The Balaban J connectivity index is 2.47. The summed E-state index contributed by atoms with van der Waals surface area (Å²) in [5.74, 6) is -0.268. The number of rotatable bonds is 2. The second-order valence-electron chi connectivity index (χ2n) is 3.92. The summed E-state index contributed by atoms with van der Waals surface area (Å²) in [6.45, 7) is 3.67. The molecule has 0 amide bonds. The summed E-state index contributed by atoms with van der Waals surface area (Å²) < 4.78 is 15.3. The number of nitrogens with two attached hydrogens (primary N) is 1. The van der Waals surface area contributed by atoms with Crippen LogP contribution in [0.1, 0.15) is 24.2 Å². The van der Waals surface area contributed by atoms with Crippen molar-refractivity contribution < 1.29 is 4.39 Å². The van der Waals surface area contributed by atoms with Gasteiger partial charge in [-0.15, -0.1) is 0 Å². The quantitative estimate of drug-likeness (QED) is 0.842. The molecule has 0 radical (unpaired) electrons. The lowest BCUT2D eigenvalue weighted by Gasteiger charge is -2.10. The first kappa shape index (κ1) is 10.8. The largest absolute Gasteiger partial charge is 0.324 e. The Morgan fingerprint density at radius 1 is 1.44 bits per heavy atom. The van der Waals surface area contributed by atoms with Gasteiger partial charge >= 0.3 is 0 Å². The van der Waals surface area contributed by atoms with Gasteiger partial charge in [0.1, 0.15) is 5.82 Å². The summed E-state index contributed by atoms with van der Waals surface area (Å²) in [4.78, 5) is 4.13. The van der Waals surface area contributed by atoms with E-state index in [1.54, 1.807) is 25.4 Å². The zero-order valence-corrected chi connectivity index (χ0v) is 9.31. The Morgan fingerprint density at radius 2 is 2.19 bits per heavy atom. The van der Waals surface area contributed by atoms with Crippen LogP contribution in [0.2, 0.25) is 0 Å². The van der Waals surface area contributed by atoms with Crippen LogP contribution in [-0.4, -0.2) is 9.55 Å². The third-order valence-electron chi connectivity index (χ3n) is 2.48. The number of imidazole rings is 1. The zero-order valence-electron chi connectivity index (χ0n) is 9.31. The molecule has 1 atom stereocenters. The molecule has 0 aliphatic heterocycles. The molecule has 2 N–H and O–H groups in total. The predicted octanol–water partition coefficient (Wildman–Crippen LogP) is 2.34. The van der Waals surface area contributed by atoms with E-state index < -0.39 is 0 Å². The molecule has 16 heavy (non-hydrogen) atoms. The minimum absolute atomic E-state index is 0.268. The van der Waals surface area contributed by atoms with Crippen molar-refractivity contribution in [1.29, 1.82) is 0 Å². The molecule has 3 nitrogen and oxygen atoms in total. The first-order valence-corrected chi connectivity index (χ1v) is 5.14. The maximum atomic E-state index is 13.4. The van der Waals surface area contributed by atoms with Gasteiger partial charge in [-0.25, -0.2) is 9.37 Å². The third-order valence-corrected chi connectivity index (χ3v) is 2.48. The minimum atomic E-state index is -0.315. The molecular weight excluding hydrogens is 205 g/mol. The Morgan fingerprint density at radius 3 is 2.75 bits per heavy atom. The SMILES string of the molecule is Cc1cn(-c2ccc(F)c([C@@H](C)N)c2)cn1. The molecule has 0 aliphatic rings. The number of halogens is 1. The highest BCUT2D eigenvalue weighted by atomic mass is 19.1. The van der Waals surface area contributed by atoms with Crippen molar-refractivity contribution in [2.45, 2.75) is 19.9 Å². The fourth-order valence-electron chi connectivity index (χ4n) is 1.60. The molecule has 1 aromatic carbocycles. The van der Waals surface area contributed by atoms with E-state index in [1.807, 2.05) is 17.7 Å². The van der Waals surface area contributed by atoms with E-state index in [1.165, 1.54) is 6.07 Å². The van der Waals surface area contributed by atoms with Crippen molar-refractivity contribution >= 4 is 0 Å². The van der Waals surface area contributed by atoms with E-state index in [-0.39, 0.29) is 11.9 Å². The fraction of sp³-hybridized carbons (Fsp3) is 0.250. The van der Waals surface area contributed by atoms with Gasteiger partial charge in [-0.1, -0.05) is 0 Å². The van der Waals surface area contributed by atoms with Crippen LogP contribution in [0.3, 0.4) is 0 Å². The van der Waals surface area contributed by atoms with Gasteiger partial charge in [-0.05, 0) is 32.0 Å². The number of hydrogen-bond donors (Lipinski definition) is 1. The molecule has 0 unspecified atom stereocenters. The van der Waals surface area contributed by atoms with Crippen LogP contribution in [-0.2, 0) is 0 Å². The van der Waals surface area contributed by atoms with Gasteiger partial charge in [0.05, 0.1) is 12.0 Å². The molecule has 0 saturated heterocycles. The van der Waals surface area contributed by atoms with Crippen molar-refractivity contribution in [3.8, 4) is 5.69 Å². The molecule has 84 valence electrons. The third kappa shape index (κ3) is 1.97. The van der Waals surface area contributed by atoms with E-state index in [9.17, 15) is 4.39 Å². The highest BCUT2D eigenvalue weighted by Crippen LogP contribution is 2.19. The number of aryl methyl sites for hydroxylation is 1. The number of nitrogens with zero attached hydrogens (tertiary/aromatic N) is 2. The summed E-state index contributed by atoms with van der Waals surface area (Å²) >= 11 is 0. The van der Waals surface area contributed by atoms with Gasteiger partial charge in [0, 0.05) is 23.5 Å². The second kappa shape index (κ2) is 4.06. The molecule has 1 heterocycles. The molecule has 0 bridgehead atoms. The molecule has 4 heteroatoms. The van der Waals surface area contributed by atoms with E-state index in [4.69, 9.17) is 5.73 Å². The Hall–Kier alpha value is -1.68. The van der Waals surface area contributed by atoms with Crippen LogP contribution in [0.4, 0.5) is 4.39 Å². The van der Waals surface area contributed by atoms with Crippen LogP contribution in [0, 0.1) is 12.7 Å². The molecule has 0 saturated carbocycles. The first-order valence-electron chi connectivity index (χ1n) is 5.14. The molecule has 0 aliphatic carbocycles. The lowest BCUT2D eigenvalue weighted by Crippen LogP contribution is -2.08. The van der Waals surface area contributed by atoms with E-state index in [0.717, 1.165) is 11.4 Å². The Kier molecular flexibility index (Phi) is 2.75. The van der Waals surface area contributed by atoms with Crippen molar-refractivity contribution in [2.24, 2.45) is 5.73 Å². The van der Waals surface area contributed by atoms with E-state index in [2.05, 4.69) is 4.98 Å². The highest BCUT2D eigenvalue weighted by molar-refractivity contribution is 5.38. The van der Waals surface area contributed by atoms with Crippen LogP contribution >= 0.6 is 0 Å². The molecule has 0 spiro atoms. The van der Waals surface area contributed by atoms with Crippen molar-refractivity contribution in [3.63, 3.8) is 0 Å². The highest BCUT2D eigenvalue weighted by Gasteiger charge is 2.08. The van der Waals surface area contributed by atoms with Gasteiger partial charge in [0.25, 0.3) is 0 Å². The lowest BCUT2D eigenvalue weighted by molar-refractivity contribution is 0.593. The van der Waals surface area contributed by atoms with Crippen LogP contribution in [0.5, 0.6) is 0 Å². The summed E-state index contributed by atoms with van der Waals surface area (Å²) in [7, 11) is 0. The van der Waals surface area contributed by atoms with Gasteiger partial charge < -0.3 is 10.3 Å². The molecule has 1 aromatic heterocycles. The van der Waals surface area contributed by atoms with Gasteiger partial charge in [0.2, 0.25) is 0 Å². The van der Waals surface area contributed by atoms with Crippen LogP contribution in [0.25, 0.3) is 5.69 Å². The summed E-state index contributed by atoms with van der Waals surface area (Å²) in [6, 6.07) is 4.58.